The van der Waals surface area contributed by atoms with Crippen LogP contribution in [0.1, 0.15) is 70.4 Å². The van der Waals surface area contributed by atoms with Gasteiger partial charge in [0, 0.05) is 44.9 Å². The third-order valence-corrected chi connectivity index (χ3v) is 12.0. The molecule has 286 valence electrons. The molecule has 1 amide bonds. The number of hydrogen-bond acceptors (Lipinski definition) is 10. The topological polar surface area (TPSA) is 102 Å². The Morgan fingerprint density at radius 3 is 2.63 bits per heavy atom. The maximum absolute atomic E-state index is 17.4. The molecule has 0 unspecified atom stereocenters. The van der Waals surface area contributed by atoms with Gasteiger partial charge in [-0.1, -0.05) is 12.1 Å². The highest BCUT2D eigenvalue weighted by Crippen LogP contribution is 2.44. The van der Waals surface area contributed by atoms with Gasteiger partial charge in [0.25, 0.3) is 0 Å². The molecule has 4 aliphatic heterocycles. The van der Waals surface area contributed by atoms with Crippen LogP contribution in [-0.4, -0.2) is 107 Å². The zero-order chi connectivity index (χ0) is 37.4. The second-order valence-corrected chi connectivity index (χ2v) is 16.7. The molecule has 0 radical (unpaired) electrons. The number of nitrogens with zero attached hydrogens (tertiary/aromatic N) is 6. The minimum atomic E-state index is -0.912. The van der Waals surface area contributed by atoms with Crippen molar-refractivity contribution in [3.8, 4) is 23.0 Å². The van der Waals surface area contributed by atoms with E-state index < -0.39 is 23.1 Å². The first-order valence-corrected chi connectivity index (χ1v) is 19.4. The zero-order valence-electron chi connectivity index (χ0n) is 31.5. The molecule has 4 saturated heterocycles. The second kappa shape index (κ2) is 13.4. The van der Waals surface area contributed by atoms with E-state index in [0.717, 1.165) is 62.3 Å². The molecule has 1 aliphatic carbocycles. The van der Waals surface area contributed by atoms with Crippen LogP contribution in [0, 0.1) is 5.82 Å². The molecule has 6 heterocycles. The number of anilines is 1. The van der Waals surface area contributed by atoms with Crippen molar-refractivity contribution in [2.24, 2.45) is 0 Å². The number of aryl methyl sites for hydroxylation is 2. The number of carbonyl (C=O) groups is 1. The molecule has 2 aromatic heterocycles. The van der Waals surface area contributed by atoms with E-state index in [4.69, 9.17) is 33.9 Å². The fourth-order valence-electron chi connectivity index (χ4n) is 9.78. The van der Waals surface area contributed by atoms with Crippen LogP contribution in [0.25, 0.3) is 32.9 Å². The average Bonchev–Trinajstić information content (AvgIpc) is 3.90. The first-order chi connectivity index (χ1) is 26.0. The van der Waals surface area contributed by atoms with E-state index >= 15 is 4.39 Å². The lowest BCUT2D eigenvalue weighted by Gasteiger charge is -2.42. The molecule has 2 aromatic carbocycles. The first kappa shape index (κ1) is 35.3. The quantitative estimate of drug-likeness (QED) is 0.176. The highest BCUT2D eigenvalue weighted by molar-refractivity contribution is 6.02. The number of hydrogen-bond donors (Lipinski definition) is 0. The number of fused-ring (bicyclic) bond motifs is 7. The van der Waals surface area contributed by atoms with Gasteiger partial charge in [-0.25, -0.2) is 13.6 Å². The number of piperazine rings is 1. The Morgan fingerprint density at radius 2 is 1.85 bits per heavy atom. The van der Waals surface area contributed by atoms with E-state index in [9.17, 15) is 9.18 Å². The second-order valence-electron chi connectivity index (χ2n) is 16.7. The predicted octanol–water partition coefficient (Wildman–Crippen LogP) is 7.00. The summed E-state index contributed by atoms with van der Waals surface area (Å²) >= 11 is 0. The van der Waals surface area contributed by atoms with Crippen molar-refractivity contribution in [2.45, 2.75) is 102 Å². The van der Waals surface area contributed by atoms with Crippen LogP contribution in [0.15, 0.2) is 30.5 Å². The van der Waals surface area contributed by atoms with Gasteiger partial charge in [0.05, 0.1) is 23.0 Å². The van der Waals surface area contributed by atoms with E-state index in [-0.39, 0.29) is 48.8 Å². The summed E-state index contributed by atoms with van der Waals surface area (Å²) in [5, 5.41) is 2.36. The number of alkyl halides is 1. The van der Waals surface area contributed by atoms with Crippen molar-refractivity contribution in [2.75, 3.05) is 51.6 Å². The smallest absolute Gasteiger partial charge is 0.410 e. The molecular formula is C41H48F2N6O5. The van der Waals surface area contributed by atoms with Crippen LogP contribution in [0.5, 0.6) is 11.8 Å². The van der Waals surface area contributed by atoms with E-state index in [1.54, 1.807) is 13.3 Å². The van der Waals surface area contributed by atoms with Crippen LogP contribution < -0.4 is 14.4 Å². The standard InChI is InChI=1S/C41H48F2N6O5/c1-40(2,3)54-39(50)49-27-11-12-28(49)21-47(20-27)37-32-18-44-35(31-16-29(53-23-51-4)15-25-10-9-24-7-5-8-30(24)33(25)31)34(43)36(32)45-38(46-37)52-22-41-13-6-14-48(41)19-26(42)17-41/h9-10,15-16,18,26-28H,5-8,11-14,17,19-23H2,1-4H3/t26-,27-,28+,41+/m1/s1. The Balaban J connectivity index is 1.15. The lowest BCUT2D eigenvalue weighted by atomic mass is 9.94. The Bertz CT molecular complexity index is 2110. The van der Waals surface area contributed by atoms with Gasteiger partial charge in [0.15, 0.2) is 12.6 Å². The molecule has 5 aliphatic rings. The average molecular weight is 743 g/mol. The van der Waals surface area contributed by atoms with Crippen LogP contribution in [0.4, 0.5) is 19.4 Å². The fourth-order valence-corrected chi connectivity index (χ4v) is 9.78. The highest BCUT2D eigenvalue weighted by atomic mass is 19.1. The summed E-state index contributed by atoms with van der Waals surface area (Å²) in [7, 11) is 1.56. The van der Waals surface area contributed by atoms with E-state index in [2.05, 4.69) is 21.9 Å². The molecule has 9 rings (SSSR count). The maximum Gasteiger partial charge on any atom is 0.410 e. The molecule has 11 nitrogen and oxygen atoms in total. The Hall–Kier alpha value is -4.36. The summed E-state index contributed by atoms with van der Waals surface area (Å²) < 4.78 is 55.4. The number of rotatable bonds is 8. The lowest BCUT2D eigenvalue weighted by molar-refractivity contribution is 0.0122. The Morgan fingerprint density at radius 1 is 1.04 bits per heavy atom. The summed E-state index contributed by atoms with van der Waals surface area (Å²) in [5.74, 6) is 0.474. The maximum atomic E-state index is 17.4. The van der Waals surface area contributed by atoms with Gasteiger partial charge >= 0.3 is 12.1 Å². The third kappa shape index (κ3) is 6.17. The van der Waals surface area contributed by atoms with Gasteiger partial charge in [-0.2, -0.15) is 9.97 Å². The molecule has 4 aromatic rings. The number of amides is 1. The van der Waals surface area contributed by atoms with Crippen molar-refractivity contribution >= 4 is 33.6 Å². The number of methoxy groups -OCH3 is 1. The van der Waals surface area contributed by atoms with Gasteiger partial charge in [-0.15, -0.1) is 0 Å². The van der Waals surface area contributed by atoms with Crippen LogP contribution >= 0.6 is 0 Å². The summed E-state index contributed by atoms with van der Waals surface area (Å²) in [6, 6.07) is 7.86. The monoisotopic (exact) mass is 742 g/mol. The molecule has 4 fully saturated rings. The van der Waals surface area contributed by atoms with Crippen LogP contribution in [-0.2, 0) is 22.3 Å². The number of ether oxygens (including phenoxy) is 4. The van der Waals surface area contributed by atoms with Crippen molar-refractivity contribution < 1.29 is 32.5 Å². The Kier molecular flexibility index (Phi) is 8.80. The summed E-state index contributed by atoms with van der Waals surface area (Å²) in [5.41, 5.74) is 2.32. The van der Waals surface area contributed by atoms with Gasteiger partial charge in [0.1, 0.15) is 41.2 Å². The molecule has 0 spiro atoms. The SMILES string of the molecule is COCOc1cc(-c2ncc3c(N4C[C@H]5CC[C@@H](C4)N5C(=O)OC(C)(C)C)nc(OC[C@@]45CCCN4C[C@H](F)C5)nc3c2F)c2c3c(ccc2c1)CCC3. The van der Waals surface area contributed by atoms with Gasteiger partial charge in [0.2, 0.25) is 0 Å². The Labute approximate surface area is 313 Å². The third-order valence-electron chi connectivity index (χ3n) is 12.0. The molecule has 54 heavy (non-hydrogen) atoms. The van der Waals surface area contributed by atoms with E-state index in [1.807, 2.05) is 37.8 Å². The molecule has 4 atom stereocenters. The van der Waals surface area contributed by atoms with Gasteiger partial charge in [-0.3, -0.25) is 14.8 Å². The lowest BCUT2D eigenvalue weighted by Crippen LogP contribution is -2.57. The number of aromatic nitrogens is 3. The predicted molar refractivity (Wildman–Crippen MR) is 200 cm³/mol. The largest absolute Gasteiger partial charge is 0.468 e. The minimum absolute atomic E-state index is 0.0435. The molecule has 0 saturated carbocycles. The number of halogens is 2. The highest BCUT2D eigenvalue weighted by Gasteiger charge is 2.50. The summed E-state index contributed by atoms with van der Waals surface area (Å²) in [6.45, 7) is 8.07. The van der Waals surface area contributed by atoms with Gasteiger partial charge < -0.3 is 23.8 Å². The summed E-state index contributed by atoms with van der Waals surface area (Å²) in [4.78, 5) is 33.9. The van der Waals surface area contributed by atoms with Crippen molar-refractivity contribution in [3.05, 3.63) is 47.4 Å². The zero-order valence-corrected chi connectivity index (χ0v) is 31.5. The van der Waals surface area contributed by atoms with Gasteiger partial charge in [-0.05, 0) is 106 Å². The summed E-state index contributed by atoms with van der Waals surface area (Å²) in [6.07, 6.45) is 7.18. The minimum Gasteiger partial charge on any atom is -0.468 e. The van der Waals surface area contributed by atoms with Crippen molar-refractivity contribution in [1.82, 2.24) is 24.8 Å². The molecule has 2 bridgehead atoms. The first-order valence-electron chi connectivity index (χ1n) is 19.4. The number of pyridine rings is 1. The molecule has 0 N–H and O–H groups in total. The number of carbonyl (C=O) groups excluding carboxylic acids is 1. The van der Waals surface area contributed by atoms with Crippen LogP contribution in [0.3, 0.4) is 0 Å². The van der Waals surface area contributed by atoms with E-state index in [1.165, 1.54) is 11.1 Å². The fraction of sp³-hybridized carbons (Fsp3) is 0.561. The van der Waals surface area contributed by atoms with Crippen molar-refractivity contribution in [3.63, 3.8) is 0 Å². The number of benzene rings is 2. The van der Waals surface area contributed by atoms with Crippen LogP contribution in [0.2, 0.25) is 0 Å². The van der Waals surface area contributed by atoms with Crippen molar-refractivity contribution in [1.29, 1.82) is 0 Å². The molecule has 13 heteroatoms. The molecular weight excluding hydrogens is 694 g/mol. The normalized spacial score (nSPS) is 25.1. The van der Waals surface area contributed by atoms with E-state index in [0.29, 0.717) is 48.6 Å².